The van der Waals surface area contributed by atoms with Crippen LogP contribution in [0.4, 0.5) is 13.2 Å². The maximum atomic E-state index is 11.3. The van der Waals surface area contributed by atoms with Gasteiger partial charge in [-0.05, 0) is 6.42 Å². The summed E-state index contributed by atoms with van der Waals surface area (Å²) in [5.41, 5.74) is 5.11. The van der Waals surface area contributed by atoms with Gasteiger partial charge in [0, 0.05) is 5.92 Å². The third-order valence-corrected chi connectivity index (χ3v) is 0.839. The van der Waals surface area contributed by atoms with E-state index in [1.807, 2.05) is 5.92 Å². The molecule has 0 aromatic rings. The Morgan fingerprint density at radius 1 is 1.50 bits per heavy atom. The monoisotopic (exact) mass is 151 g/mol. The standard InChI is InChI=1S/C6H8F3N/c1-2-5(10)3-4-6(7,8)9/h5H,2,10H2,1H3. The van der Waals surface area contributed by atoms with Crippen LogP contribution in [0.5, 0.6) is 0 Å². The van der Waals surface area contributed by atoms with Gasteiger partial charge in [-0.2, -0.15) is 13.2 Å². The minimum absolute atomic E-state index is 0.434. The first-order chi connectivity index (χ1) is 4.45. The molecule has 0 spiro atoms. The fourth-order valence-electron chi connectivity index (χ4n) is 0.277. The molecule has 2 N–H and O–H groups in total. The molecule has 0 saturated carbocycles. The molecule has 0 aromatic heterocycles. The summed E-state index contributed by atoms with van der Waals surface area (Å²) in [6.07, 6.45) is -3.98. The van der Waals surface area contributed by atoms with Gasteiger partial charge < -0.3 is 5.73 Å². The Labute approximate surface area is 57.4 Å². The zero-order chi connectivity index (χ0) is 8.20. The van der Waals surface area contributed by atoms with Gasteiger partial charge in [-0.1, -0.05) is 12.8 Å². The Morgan fingerprint density at radius 3 is 2.30 bits per heavy atom. The number of hydrogen-bond donors (Lipinski definition) is 1. The fourth-order valence-corrected chi connectivity index (χ4v) is 0.277. The molecule has 4 heteroatoms. The van der Waals surface area contributed by atoms with Crippen molar-refractivity contribution >= 4 is 0 Å². The van der Waals surface area contributed by atoms with E-state index >= 15 is 0 Å². The molecule has 1 unspecified atom stereocenters. The van der Waals surface area contributed by atoms with Gasteiger partial charge >= 0.3 is 6.18 Å². The molecule has 0 aliphatic heterocycles. The molecule has 0 aliphatic carbocycles. The van der Waals surface area contributed by atoms with E-state index in [0.29, 0.717) is 6.42 Å². The van der Waals surface area contributed by atoms with Crippen LogP contribution in [0.3, 0.4) is 0 Å². The summed E-state index contributed by atoms with van der Waals surface area (Å²) in [4.78, 5) is 0. The molecule has 58 valence electrons. The van der Waals surface area contributed by atoms with Crippen molar-refractivity contribution in [2.24, 2.45) is 5.73 Å². The average Bonchev–Trinajstić information content (AvgIpc) is 1.81. The van der Waals surface area contributed by atoms with E-state index in [-0.39, 0.29) is 0 Å². The molecule has 0 fully saturated rings. The van der Waals surface area contributed by atoms with Crippen molar-refractivity contribution in [2.75, 3.05) is 0 Å². The van der Waals surface area contributed by atoms with Crippen LogP contribution >= 0.6 is 0 Å². The smallest absolute Gasteiger partial charge is 0.318 e. The van der Waals surface area contributed by atoms with E-state index in [1.54, 1.807) is 6.92 Å². The first-order valence-electron chi connectivity index (χ1n) is 2.80. The van der Waals surface area contributed by atoms with Gasteiger partial charge in [0.2, 0.25) is 0 Å². The minimum Gasteiger partial charge on any atom is -0.318 e. The van der Waals surface area contributed by atoms with Crippen molar-refractivity contribution < 1.29 is 13.2 Å². The average molecular weight is 151 g/mol. The molecule has 0 aliphatic rings. The molecule has 1 atom stereocenters. The SMILES string of the molecule is CCC(N)C#CC(F)(F)F. The van der Waals surface area contributed by atoms with Crippen LogP contribution in [-0.4, -0.2) is 12.2 Å². The number of nitrogens with two attached hydrogens (primary N) is 1. The predicted octanol–water partition coefficient (Wildman–Crippen LogP) is 1.29. The van der Waals surface area contributed by atoms with E-state index in [4.69, 9.17) is 5.73 Å². The minimum atomic E-state index is -4.41. The van der Waals surface area contributed by atoms with Crippen LogP contribution in [-0.2, 0) is 0 Å². The van der Waals surface area contributed by atoms with E-state index in [1.165, 1.54) is 0 Å². The zero-order valence-electron chi connectivity index (χ0n) is 5.50. The summed E-state index contributed by atoms with van der Waals surface area (Å²) in [7, 11) is 0. The Kier molecular flexibility index (Phi) is 3.23. The van der Waals surface area contributed by atoms with Crippen LogP contribution in [0.15, 0.2) is 0 Å². The lowest BCUT2D eigenvalue weighted by atomic mass is 10.2. The van der Waals surface area contributed by atoms with E-state index in [0.717, 1.165) is 5.92 Å². The molecular weight excluding hydrogens is 143 g/mol. The lowest BCUT2D eigenvalue weighted by Gasteiger charge is -1.97. The lowest BCUT2D eigenvalue weighted by molar-refractivity contribution is -0.0697. The molecular formula is C6H8F3N. The molecule has 0 amide bonds. The van der Waals surface area contributed by atoms with Gasteiger partial charge in [0.05, 0.1) is 6.04 Å². The van der Waals surface area contributed by atoms with Crippen LogP contribution in [0.2, 0.25) is 0 Å². The summed E-state index contributed by atoms with van der Waals surface area (Å²) < 4.78 is 34.0. The largest absolute Gasteiger partial charge is 0.457 e. The van der Waals surface area contributed by atoms with Crippen molar-refractivity contribution in [1.29, 1.82) is 0 Å². The van der Waals surface area contributed by atoms with Crippen molar-refractivity contribution in [2.45, 2.75) is 25.6 Å². The first-order valence-corrected chi connectivity index (χ1v) is 2.80. The number of halogens is 3. The Balaban J connectivity index is 3.91. The third kappa shape index (κ3) is 5.45. The second-order valence-electron chi connectivity index (χ2n) is 1.78. The summed E-state index contributed by atoms with van der Waals surface area (Å²) in [5, 5.41) is 0. The highest BCUT2D eigenvalue weighted by Gasteiger charge is 2.22. The van der Waals surface area contributed by atoms with Gasteiger partial charge in [-0.25, -0.2) is 0 Å². The Bertz CT molecular complexity index is 151. The first kappa shape index (κ1) is 9.31. The van der Waals surface area contributed by atoms with Crippen molar-refractivity contribution in [3.05, 3.63) is 0 Å². The third-order valence-electron chi connectivity index (χ3n) is 0.839. The van der Waals surface area contributed by atoms with Gasteiger partial charge in [0.25, 0.3) is 0 Å². The normalized spacial score (nSPS) is 13.7. The van der Waals surface area contributed by atoms with Gasteiger partial charge in [-0.15, -0.1) is 0 Å². The second-order valence-corrected chi connectivity index (χ2v) is 1.78. The molecule has 0 aromatic carbocycles. The molecule has 0 saturated heterocycles. The maximum Gasteiger partial charge on any atom is 0.457 e. The molecule has 0 rings (SSSR count). The molecule has 0 radical (unpaired) electrons. The number of rotatable bonds is 1. The van der Waals surface area contributed by atoms with Crippen LogP contribution in [0.25, 0.3) is 0 Å². The molecule has 10 heavy (non-hydrogen) atoms. The fraction of sp³-hybridized carbons (Fsp3) is 0.667. The van der Waals surface area contributed by atoms with E-state index in [2.05, 4.69) is 0 Å². The Hall–Kier alpha value is -0.690. The van der Waals surface area contributed by atoms with Crippen LogP contribution < -0.4 is 5.73 Å². The van der Waals surface area contributed by atoms with Gasteiger partial charge in [0.1, 0.15) is 0 Å². The highest BCUT2D eigenvalue weighted by atomic mass is 19.4. The highest BCUT2D eigenvalue weighted by molar-refractivity contribution is 5.10. The summed E-state index contributed by atoms with van der Waals surface area (Å²) >= 11 is 0. The number of hydrogen-bond acceptors (Lipinski definition) is 1. The zero-order valence-corrected chi connectivity index (χ0v) is 5.50. The van der Waals surface area contributed by atoms with E-state index < -0.39 is 12.2 Å². The quantitative estimate of drug-likeness (QED) is 0.561. The Morgan fingerprint density at radius 2 is 2.00 bits per heavy atom. The molecule has 0 heterocycles. The van der Waals surface area contributed by atoms with Crippen molar-refractivity contribution in [1.82, 2.24) is 0 Å². The van der Waals surface area contributed by atoms with Crippen LogP contribution in [0, 0.1) is 11.8 Å². The van der Waals surface area contributed by atoms with Crippen LogP contribution in [0.1, 0.15) is 13.3 Å². The van der Waals surface area contributed by atoms with E-state index in [9.17, 15) is 13.2 Å². The summed E-state index contributed by atoms with van der Waals surface area (Å²) in [6, 6.07) is -0.665. The summed E-state index contributed by atoms with van der Waals surface area (Å²) in [5.74, 6) is 2.97. The predicted molar refractivity (Wildman–Crippen MR) is 32.1 cm³/mol. The number of alkyl halides is 3. The van der Waals surface area contributed by atoms with Crippen molar-refractivity contribution in [3.63, 3.8) is 0 Å². The highest BCUT2D eigenvalue weighted by Crippen LogP contribution is 2.11. The lowest BCUT2D eigenvalue weighted by Crippen LogP contribution is -2.16. The second kappa shape index (κ2) is 3.47. The van der Waals surface area contributed by atoms with Gasteiger partial charge in [0.15, 0.2) is 0 Å². The topological polar surface area (TPSA) is 26.0 Å². The molecule has 1 nitrogen and oxygen atoms in total. The maximum absolute atomic E-state index is 11.3. The molecule has 0 bridgehead atoms. The summed E-state index contributed by atoms with van der Waals surface area (Å²) in [6.45, 7) is 1.68. The van der Waals surface area contributed by atoms with Gasteiger partial charge in [-0.3, -0.25) is 0 Å². The van der Waals surface area contributed by atoms with Crippen molar-refractivity contribution in [3.8, 4) is 11.8 Å².